The van der Waals surface area contributed by atoms with Crippen LogP contribution in [0.5, 0.6) is 0 Å². The monoisotopic (exact) mass is 215 g/mol. The Hall–Kier alpha value is -0.600. The number of rotatable bonds is 3. The van der Waals surface area contributed by atoms with Crippen molar-refractivity contribution in [2.45, 2.75) is 25.8 Å². The predicted octanol–water partition coefficient (Wildman–Crippen LogP) is 3.02. The van der Waals surface area contributed by atoms with Crippen LogP contribution in [0.25, 0.3) is 0 Å². The van der Waals surface area contributed by atoms with Crippen LogP contribution in [0.2, 0.25) is 5.02 Å². The van der Waals surface area contributed by atoms with Crippen molar-refractivity contribution in [3.8, 4) is 0 Å². The molecule has 1 aromatic carbocycles. The number of hydrogen-bond donors (Lipinski definition) is 1. The third-order valence-electron chi connectivity index (χ3n) is 2.32. The topological polar surface area (TPSA) is 12.0 Å². The van der Waals surface area contributed by atoms with Crippen LogP contribution >= 0.6 is 11.6 Å². The van der Waals surface area contributed by atoms with Gasteiger partial charge >= 0.3 is 0 Å². The van der Waals surface area contributed by atoms with Gasteiger partial charge in [0.25, 0.3) is 0 Å². The molecular weight excluding hydrogens is 201 g/mol. The van der Waals surface area contributed by atoms with Crippen LogP contribution in [-0.4, -0.2) is 12.6 Å². The maximum Gasteiger partial charge on any atom is 0.123 e. The van der Waals surface area contributed by atoms with Gasteiger partial charge in [-0.3, -0.25) is 0 Å². The Morgan fingerprint density at radius 1 is 1.43 bits per heavy atom. The fourth-order valence-electron chi connectivity index (χ4n) is 1.24. The van der Waals surface area contributed by atoms with Crippen molar-refractivity contribution in [1.29, 1.82) is 0 Å². The molecule has 0 saturated carbocycles. The number of likely N-dealkylation sites (N-methyl/N-ethyl adjacent to an activating group) is 1. The van der Waals surface area contributed by atoms with Gasteiger partial charge in [0.15, 0.2) is 0 Å². The average Bonchev–Trinajstić information content (AvgIpc) is 2.11. The molecule has 0 atom stereocenters. The third kappa shape index (κ3) is 2.96. The van der Waals surface area contributed by atoms with Gasteiger partial charge in [-0.15, -0.1) is 0 Å². The summed E-state index contributed by atoms with van der Waals surface area (Å²) in [4.78, 5) is 0. The first-order valence-corrected chi connectivity index (χ1v) is 4.95. The molecule has 0 saturated heterocycles. The summed E-state index contributed by atoms with van der Waals surface area (Å²) in [7, 11) is 1.88. The molecule has 3 heteroatoms. The van der Waals surface area contributed by atoms with Crippen LogP contribution in [0.15, 0.2) is 18.2 Å². The number of nitrogens with one attached hydrogen (secondary N) is 1. The highest BCUT2D eigenvalue weighted by Gasteiger charge is 2.17. The molecule has 0 amide bonds. The van der Waals surface area contributed by atoms with Gasteiger partial charge < -0.3 is 5.32 Å². The Morgan fingerprint density at radius 3 is 2.64 bits per heavy atom. The Bertz CT molecular complexity index is 323. The summed E-state index contributed by atoms with van der Waals surface area (Å²) in [6.45, 7) is 4.10. The lowest BCUT2D eigenvalue weighted by Crippen LogP contribution is -2.38. The maximum absolute atomic E-state index is 12.9. The molecule has 1 nitrogen and oxygen atoms in total. The van der Waals surface area contributed by atoms with Gasteiger partial charge in [-0.2, -0.15) is 0 Å². The van der Waals surface area contributed by atoms with Crippen LogP contribution < -0.4 is 5.32 Å². The first kappa shape index (κ1) is 11.5. The molecule has 0 aromatic heterocycles. The Labute approximate surface area is 89.3 Å². The molecule has 1 aromatic rings. The lowest BCUT2D eigenvalue weighted by Gasteiger charge is -2.24. The van der Waals surface area contributed by atoms with E-state index in [-0.39, 0.29) is 11.4 Å². The molecule has 14 heavy (non-hydrogen) atoms. The van der Waals surface area contributed by atoms with Crippen molar-refractivity contribution < 1.29 is 4.39 Å². The second-order valence-electron chi connectivity index (χ2n) is 4.05. The largest absolute Gasteiger partial charge is 0.314 e. The minimum Gasteiger partial charge on any atom is -0.314 e. The quantitative estimate of drug-likeness (QED) is 0.818. The van der Waals surface area contributed by atoms with E-state index < -0.39 is 0 Å². The highest BCUT2D eigenvalue weighted by molar-refractivity contribution is 6.31. The van der Waals surface area contributed by atoms with Crippen LogP contribution in [0.1, 0.15) is 19.4 Å². The molecule has 0 aliphatic carbocycles. The van der Waals surface area contributed by atoms with Crippen LogP contribution in [-0.2, 0) is 6.42 Å². The first-order valence-electron chi connectivity index (χ1n) is 4.57. The predicted molar refractivity (Wildman–Crippen MR) is 58.3 cm³/mol. The molecule has 1 rings (SSSR count). The van der Waals surface area contributed by atoms with E-state index >= 15 is 0 Å². The third-order valence-corrected chi connectivity index (χ3v) is 2.69. The summed E-state index contributed by atoms with van der Waals surface area (Å²) in [5.74, 6) is -0.240. The summed E-state index contributed by atoms with van der Waals surface area (Å²) in [5.41, 5.74) is 0.767. The zero-order valence-corrected chi connectivity index (χ0v) is 9.45. The summed E-state index contributed by atoms with van der Waals surface area (Å²) >= 11 is 5.96. The standard InChI is InChI=1S/C11H15ClFN/c1-11(2,14-3)7-8-6-9(13)4-5-10(8)12/h4-6,14H,7H2,1-3H3. The molecule has 0 heterocycles. The van der Waals surface area contributed by atoms with Gasteiger partial charge in [0.2, 0.25) is 0 Å². The summed E-state index contributed by atoms with van der Waals surface area (Å²) in [6, 6.07) is 4.46. The van der Waals surface area contributed by atoms with E-state index in [4.69, 9.17) is 11.6 Å². The molecule has 0 radical (unpaired) electrons. The van der Waals surface area contributed by atoms with Crippen LogP contribution in [0.4, 0.5) is 4.39 Å². The fourth-order valence-corrected chi connectivity index (χ4v) is 1.43. The van der Waals surface area contributed by atoms with E-state index in [9.17, 15) is 4.39 Å². The van der Waals surface area contributed by atoms with Gasteiger partial charge in [0.05, 0.1) is 0 Å². The Morgan fingerprint density at radius 2 is 2.07 bits per heavy atom. The highest BCUT2D eigenvalue weighted by Crippen LogP contribution is 2.21. The van der Waals surface area contributed by atoms with E-state index in [0.29, 0.717) is 11.4 Å². The zero-order chi connectivity index (χ0) is 10.8. The van der Waals surface area contributed by atoms with Crippen LogP contribution in [0, 0.1) is 5.82 Å². The van der Waals surface area contributed by atoms with Gasteiger partial charge in [-0.25, -0.2) is 4.39 Å². The first-order chi connectivity index (χ1) is 6.44. The zero-order valence-electron chi connectivity index (χ0n) is 8.70. The second-order valence-corrected chi connectivity index (χ2v) is 4.45. The van der Waals surface area contributed by atoms with E-state index in [1.807, 2.05) is 20.9 Å². The number of hydrogen-bond acceptors (Lipinski definition) is 1. The second kappa shape index (κ2) is 4.28. The molecule has 1 N–H and O–H groups in total. The molecule has 0 aliphatic rings. The molecule has 0 aliphatic heterocycles. The van der Waals surface area contributed by atoms with Crippen molar-refractivity contribution in [2.24, 2.45) is 0 Å². The molecular formula is C11H15ClFN. The lowest BCUT2D eigenvalue weighted by atomic mass is 9.95. The summed E-state index contributed by atoms with van der Waals surface area (Å²) in [6.07, 6.45) is 0.708. The summed E-state index contributed by atoms with van der Waals surface area (Å²) < 4.78 is 12.9. The molecule has 0 fully saturated rings. The summed E-state index contributed by atoms with van der Waals surface area (Å²) in [5, 5.41) is 3.78. The van der Waals surface area contributed by atoms with E-state index in [2.05, 4.69) is 5.32 Å². The van der Waals surface area contributed by atoms with E-state index in [1.165, 1.54) is 12.1 Å². The normalized spacial score (nSPS) is 11.8. The van der Waals surface area contributed by atoms with E-state index in [0.717, 1.165) is 5.56 Å². The minimum atomic E-state index is -0.240. The molecule has 0 spiro atoms. The smallest absolute Gasteiger partial charge is 0.123 e. The highest BCUT2D eigenvalue weighted by atomic mass is 35.5. The van der Waals surface area contributed by atoms with Crippen molar-refractivity contribution in [3.05, 3.63) is 34.6 Å². The Balaban J connectivity index is 2.91. The van der Waals surface area contributed by atoms with Crippen molar-refractivity contribution >= 4 is 11.6 Å². The Kier molecular flexibility index (Phi) is 3.51. The molecule has 0 bridgehead atoms. The van der Waals surface area contributed by atoms with Gasteiger partial charge in [0, 0.05) is 10.6 Å². The fraction of sp³-hybridized carbons (Fsp3) is 0.455. The van der Waals surface area contributed by atoms with Crippen LogP contribution in [0.3, 0.4) is 0 Å². The van der Waals surface area contributed by atoms with Gasteiger partial charge in [-0.1, -0.05) is 11.6 Å². The van der Waals surface area contributed by atoms with Gasteiger partial charge in [0.1, 0.15) is 5.82 Å². The van der Waals surface area contributed by atoms with E-state index in [1.54, 1.807) is 6.07 Å². The molecule has 0 unspecified atom stereocenters. The SMILES string of the molecule is CNC(C)(C)Cc1cc(F)ccc1Cl. The lowest BCUT2D eigenvalue weighted by molar-refractivity contribution is 0.421. The van der Waals surface area contributed by atoms with Crippen molar-refractivity contribution in [3.63, 3.8) is 0 Å². The van der Waals surface area contributed by atoms with Crippen molar-refractivity contribution in [2.75, 3.05) is 7.05 Å². The van der Waals surface area contributed by atoms with Crippen molar-refractivity contribution in [1.82, 2.24) is 5.32 Å². The number of halogens is 2. The van der Waals surface area contributed by atoms with Gasteiger partial charge in [-0.05, 0) is 51.1 Å². The average molecular weight is 216 g/mol. The molecule has 78 valence electrons. The number of benzene rings is 1. The minimum absolute atomic E-state index is 0.0720. The maximum atomic E-state index is 12.9.